The highest BCUT2D eigenvalue weighted by molar-refractivity contribution is 7.92. The van der Waals surface area contributed by atoms with E-state index in [2.05, 4.69) is 19.3 Å². The van der Waals surface area contributed by atoms with Crippen molar-refractivity contribution in [3.63, 3.8) is 0 Å². The van der Waals surface area contributed by atoms with Crippen LogP contribution in [-0.4, -0.2) is 76.1 Å². The highest BCUT2D eigenvalue weighted by Gasteiger charge is 2.28. The number of benzene rings is 1. The number of carbonyl (C=O) groups excluding carboxylic acids is 1. The number of alkyl halides is 2. The van der Waals surface area contributed by atoms with Crippen molar-refractivity contribution in [1.29, 1.82) is 0 Å². The number of pyridine rings is 1. The van der Waals surface area contributed by atoms with Crippen molar-refractivity contribution in [2.75, 3.05) is 49.9 Å². The lowest BCUT2D eigenvalue weighted by molar-refractivity contribution is -0.0515. The smallest absolute Gasteiger partial charge is 0.387 e. The molecule has 1 aliphatic carbocycles. The van der Waals surface area contributed by atoms with E-state index in [1.165, 1.54) is 36.7 Å². The normalized spacial score (nSPS) is 16.3. The molecule has 1 aliphatic heterocycles. The Hall–Kier alpha value is -2.75. The van der Waals surface area contributed by atoms with Gasteiger partial charge < -0.3 is 18.9 Å². The molecule has 250 valence electrons. The van der Waals surface area contributed by atoms with Gasteiger partial charge in [0, 0.05) is 31.9 Å². The minimum absolute atomic E-state index is 0.00296. The first-order valence-electron chi connectivity index (χ1n) is 14.7. The number of halogens is 4. The van der Waals surface area contributed by atoms with Gasteiger partial charge in [-0.25, -0.2) is 13.2 Å². The monoisotopic (exact) mass is 719 g/mol. The highest BCUT2D eigenvalue weighted by atomic mass is 35.5. The first-order valence-corrected chi connectivity index (χ1v) is 17.9. The Bertz CT molecular complexity index is 1580. The third-order valence-electron chi connectivity index (χ3n) is 7.43. The van der Waals surface area contributed by atoms with Crippen molar-refractivity contribution in [3.8, 4) is 11.5 Å². The van der Waals surface area contributed by atoms with Crippen LogP contribution >= 0.6 is 34.5 Å². The number of ether oxygens (including phenoxy) is 4. The van der Waals surface area contributed by atoms with Crippen molar-refractivity contribution in [1.82, 2.24) is 9.88 Å². The van der Waals surface area contributed by atoms with E-state index in [-0.39, 0.29) is 44.3 Å². The SMILES string of the molecule is O=C(O[C@@H](Cc1c(Cl)cncc1Cl)c1ccc(OC(F)F)c(OCC2CC2)c1)c1sccc1NS(=O)(=O)CCCN1CCOCC1. The fourth-order valence-electron chi connectivity index (χ4n) is 4.82. The number of carbonyl (C=O) groups is 1. The van der Waals surface area contributed by atoms with Crippen LogP contribution in [0.3, 0.4) is 0 Å². The highest BCUT2D eigenvalue weighted by Crippen LogP contribution is 2.38. The molecule has 0 bridgehead atoms. The minimum Gasteiger partial charge on any atom is -0.489 e. The van der Waals surface area contributed by atoms with Crippen molar-refractivity contribution < 1.29 is 40.9 Å². The number of anilines is 1. The Balaban J connectivity index is 1.35. The first kappa shape index (κ1) is 34.6. The maximum Gasteiger partial charge on any atom is 0.387 e. The van der Waals surface area contributed by atoms with Crippen LogP contribution in [0, 0.1) is 5.92 Å². The molecule has 2 aromatic heterocycles. The largest absolute Gasteiger partial charge is 0.489 e. The molecule has 1 N–H and O–H groups in total. The van der Waals surface area contributed by atoms with Crippen LogP contribution in [0.4, 0.5) is 14.5 Å². The minimum atomic E-state index is -3.77. The second kappa shape index (κ2) is 15.9. The lowest BCUT2D eigenvalue weighted by Crippen LogP contribution is -2.37. The number of aromatic nitrogens is 1. The lowest BCUT2D eigenvalue weighted by Gasteiger charge is -2.26. The predicted octanol–water partition coefficient (Wildman–Crippen LogP) is 6.44. The molecule has 1 atom stereocenters. The van der Waals surface area contributed by atoms with Crippen LogP contribution in [0.1, 0.15) is 46.2 Å². The van der Waals surface area contributed by atoms with E-state index in [1.807, 2.05) is 0 Å². The Labute approximate surface area is 279 Å². The first-order chi connectivity index (χ1) is 22.1. The Kier molecular flexibility index (Phi) is 12.0. The van der Waals surface area contributed by atoms with E-state index in [0.29, 0.717) is 49.8 Å². The standard InChI is InChI=1S/C30H33Cl2F2N3O7S2/c31-22-16-35-17-23(32)21(22)15-26(20-4-5-25(44-30(33)34)27(14-20)42-18-19-2-3-19)43-29(38)28-24(6-12-45-28)36-46(39,40)13-1-7-37-8-10-41-11-9-37/h4-6,12,14,16-17,19,26,30,36H,1-3,7-11,13,15,18H2/t26-/m0/s1. The number of hydrogen-bond donors (Lipinski definition) is 1. The molecule has 1 aromatic carbocycles. The zero-order chi connectivity index (χ0) is 32.7. The third-order valence-corrected chi connectivity index (χ3v) is 10.3. The van der Waals surface area contributed by atoms with E-state index in [1.54, 1.807) is 5.38 Å². The van der Waals surface area contributed by atoms with E-state index >= 15 is 0 Å². The lowest BCUT2D eigenvalue weighted by atomic mass is 10.0. The summed E-state index contributed by atoms with van der Waals surface area (Å²) in [7, 11) is -3.77. The molecule has 2 fully saturated rings. The molecule has 0 radical (unpaired) electrons. The molecule has 1 saturated heterocycles. The number of hydrogen-bond acceptors (Lipinski definition) is 10. The van der Waals surface area contributed by atoms with Gasteiger partial charge in [-0.1, -0.05) is 29.3 Å². The maximum absolute atomic E-state index is 13.6. The predicted molar refractivity (Wildman–Crippen MR) is 171 cm³/mol. The van der Waals surface area contributed by atoms with Crippen molar-refractivity contribution in [3.05, 3.63) is 68.1 Å². The topological polar surface area (TPSA) is 116 Å². The van der Waals surface area contributed by atoms with Gasteiger partial charge in [-0.05, 0) is 66.4 Å². The van der Waals surface area contributed by atoms with Gasteiger partial charge in [-0.3, -0.25) is 14.6 Å². The average molecular weight is 721 g/mol. The molecule has 0 unspecified atom stereocenters. The average Bonchev–Trinajstić information content (AvgIpc) is 3.74. The zero-order valence-corrected chi connectivity index (χ0v) is 27.8. The van der Waals surface area contributed by atoms with Crippen molar-refractivity contribution in [2.45, 2.75) is 38.4 Å². The summed E-state index contributed by atoms with van der Waals surface area (Å²) in [6.07, 6.45) is 4.12. The van der Waals surface area contributed by atoms with Gasteiger partial charge in [0.15, 0.2) is 11.5 Å². The number of morpholine rings is 1. The summed E-state index contributed by atoms with van der Waals surface area (Å²) in [5.74, 6) is -0.702. The summed E-state index contributed by atoms with van der Waals surface area (Å²) in [4.78, 5) is 19.7. The summed E-state index contributed by atoms with van der Waals surface area (Å²) >= 11 is 13.8. The van der Waals surface area contributed by atoms with E-state index in [4.69, 9.17) is 37.4 Å². The molecule has 16 heteroatoms. The van der Waals surface area contributed by atoms with Gasteiger partial charge >= 0.3 is 12.6 Å². The summed E-state index contributed by atoms with van der Waals surface area (Å²) in [6.45, 7) is 0.599. The molecule has 10 nitrogen and oxygen atoms in total. The Morgan fingerprint density at radius 1 is 1.13 bits per heavy atom. The molecule has 46 heavy (non-hydrogen) atoms. The summed E-state index contributed by atoms with van der Waals surface area (Å²) in [6, 6.07) is 5.78. The Morgan fingerprint density at radius 3 is 2.57 bits per heavy atom. The summed E-state index contributed by atoms with van der Waals surface area (Å²) in [5.41, 5.74) is 0.928. The second-order valence-electron chi connectivity index (χ2n) is 10.9. The molecule has 0 spiro atoms. The van der Waals surface area contributed by atoms with Crippen molar-refractivity contribution in [2.24, 2.45) is 5.92 Å². The molecule has 2 aliphatic rings. The van der Waals surface area contributed by atoms with Crippen molar-refractivity contribution >= 4 is 56.2 Å². The van der Waals surface area contributed by atoms with Gasteiger partial charge in [0.2, 0.25) is 10.0 Å². The second-order valence-corrected chi connectivity index (χ2v) is 14.5. The third kappa shape index (κ3) is 9.88. The molecule has 5 rings (SSSR count). The molecule has 0 amide bonds. The molecular weight excluding hydrogens is 687 g/mol. The summed E-state index contributed by atoms with van der Waals surface area (Å²) in [5, 5.41) is 2.05. The van der Waals surface area contributed by atoms with Crippen LogP contribution in [0.2, 0.25) is 10.0 Å². The van der Waals surface area contributed by atoms with Crippen LogP contribution < -0.4 is 14.2 Å². The van der Waals surface area contributed by atoms with Crippen LogP contribution in [0.5, 0.6) is 11.5 Å². The fraction of sp³-hybridized carbons (Fsp3) is 0.467. The fourth-order valence-corrected chi connectivity index (χ4v) is 7.25. The van der Waals surface area contributed by atoms with Crippen LogP contribution in [0.25, 0.3) is 0 Å². The summed E-state index contributed by atoms with van der Waals surface area (Å²) < 4.78 is 76.4. The quantitative estimate of drug-likeness (QED) is 0.167. The zero-order valence-electron chi connectivity index (χ0n) is 24.6. The Morgan fingerprint density at radius 2 is 1.87 bits per heavy atom. The molecule has 3 heterocycles. The molecule has 1 saturated carbocycles. The van der Waals surface area contributed by atoms with Gasteiger partial charge in [0.25, 0.3) is 0 Å². The molecular formula is C30H33Cl2F2N3O7S2. The van der Waals surface area contributed by atoms with Crippen LogP contribution in [0.15, 0.2) is 42.0 Å². The van der Waals surface area contributed by atoms with E-state index < -0.39 is 28.7 Å². The molecule has 3 aromatic rings. The number of rotatable bonds is 16. The number of esters is 1. The number of nitrogens with one attached hydrogen (secondary N) is 1. The van der Waals surface area contributed by atoms with Gasteiger partial charge in [-0.2, -0.15) is 8.78 Å². The number of sulfonamides is 1. The van der Waals surface area contributed by atoms with Crippen LogP contribution in [-0.2, 0) is 25.9 Å². The van der Waals surface area contributed by atoms with Gasteiger partial charge in [0.1, 0.15) is 11.0 Å². The van der Waals surface area contributed by atoms with E-state index in [0.717, 1.165) is 37.3 Å². The number of thiophene rings is 1. The maximum atomic E-state index is 13.6. The van der Waals surface area contributed by atoms with E-state index in [9.17, 15) is 22.0 Å². The van der Waals surface area contributed by atoms with Gasteiger partial charge in [-0.15, -0.1) is 11.3 Å². The van der Waals surface area contributed by atoms with Gasteiger partial charge in [0.05, 0.1) is 41.3 Å². The number of nitrogens with zero attached hydrogens (tertiary/aromatic N) is 2.